The maximum absolute atomic E-state index is 12.3. The third kappa shape index (κ3) is 2.50. The summed E-state index contributed by atoms with van der Waals surface area (Å²) in [5.41, 5.74) is 1.74. The number of hydrogen-bond acceptors (Lipinski definition) is 4. The SMILES string of the molecule is CCC(=O)N1N=C(c2ccco2)CC1c1ccccc1OC. The van der Waals surface area contributed by atoms with Crippen LogP contribution in [-0.2, 0) is 4.79 Å². The Bertz CT molecular complexity index is 692. The highest BCUT2D eigenvalue weighted by molar-refractivity contribution is 6.01. The fraction of sp³-hybridized carbons (Fsp3) is 0.294. The molecular formula is C17H18N2O3. The maximum atomic E-state index is 12.3. The van der Waals surface area contributed by atoms with Gasteiger partial charge in [0.15, 0.2) is 0 Å². The largest absolute Gasteiger partial charge is 0.496 e. The quantitative estimate of drug-likeness (QED) is 0.869. The van der Waals surface area contributed by atoms with Crippen LogP contribution in [0.4, 0.5) is 0 Å². The fourth-order valence-electron chi connectivity index (χ4n) is 2.68. The van der Waals surface area contributed by atoms with Gasteiger partial charge in [-0.15, -0.1) is 0 Å². The van der Waals surface area contributed by atoms with Gasteiger partial charge in [0.2, 0.25) is 5.91 Å². The standard InChI is InChI=1S/C17H18N2O3/c1-3-17(20)19-14(12-7-4-5-8-15(12)21-2)11-13(18-19)16-9-6-10-22-16/h4-10,14H,3,11H2,1-2H3. The Hall–Kier alpha value is -2.56. The first-order chi connectivity index (χ1) is 10.7. The number of amides is 1. The van der Waals surface area contributed by atoms with Crippen LogP contribution in [0, 0.1) is 0 Å². The highest BCUT2D eigenvalue weighted by atomic mass is 16.5. The lowest BCUT2D eigenvalue weighted by molar-refractivity contribution is -0.132. The lowest BCUT2D eigenvalue weighted by atomic mass is 10.00. The Labute approximate surface area is 129 Å². The molecule has 0 radical (unpaired) electrons. The molecule has 1 unspecified atom stereocenters. The minimum absolute atomic E-state index is 0.0162. The van der Waals surface area contributed by atoms with E-state index in [1.165, 1.54) is 0 Å². The molecule has 2 aromatic rings. The monoisotopic (exact) mass is 298 g/mol. The van der Waals surface area contributed by atoms with Crippen molar-refractivity contribution in [1.29, 1.82) is 0 Å². The van der Waals surface area contributed by atoms with E-state index in [0.29, 0.717) is 18.6 Å². The third-order valence-electron chi connectivity index (χ3n) is 3.77. The van der Waals surface area contributed by atoms with Gasteiger partial charge in [0, 0.05) is 18.4 Å². The molecule has 2 heterocycles. The summed E-state index contributed by atoms with van der Waals surface area (Å²) in [6.45, 7) is 1.84. The first-order valence-corrected chi connectivity index (χ1v) is 7.31. The lowest BCUT2D eigenvalue weighted by Crippen LogP contribution is -2.26. The molecule has 5 nitrogen and oxygen atoms in total. The van der Waals surface area contributed by atoms with Crippen LogP contribution in [0.2, 0.25) is 0 Å². The molecule has 0 saturated carbocycles. The summed E-state index contributed by atoms with van der Waals surface area (Å²) < 4.78 is 10.9. The first-order valence-electron chi connectivity index (χ1n) is 7.31. The molecule has 1 aliphatic heterocycles. The molecule has 1 aliphatic rings. The molecule has 22 heavy (non-hydrogen) atoms. The topological polar surface area (TPSA) is 55.0 Å². The summed E-state index contributed by atoms with van der Waals surface area (Å²) in [6, 6.07) is 11.2. The van der Waals surface area contributed by atoms with E-state index in [1.807, 2.05) is 43.3 Å². The molecule has 5 heteroatoms. The van der Waals surface area contributed by atoms with E-state index in [1.54, 1.807) is 18.4 Å². The van der Waals surface area contributed by atoms with Gasteiger partial charge in [-0.05, 0) is 18.2 Å². The van der Waals surface area contributed by atoms with Crippen molar-refractivity contribution >= 4 is 11.6 Å². The van der Waals surface area contributed by atoms with Gasteiger partial charge in [0.1, 0.15) is 17.2 Å². The average Bonchev–Trinajstić information content (AvgIpc) is 3.23. The van der Waals surface area contributed by atoms with Gasteiger partial charge in [-0.2, -0.15) is 5.10 Å². The predicted octanol–water partition coefficient (Wildman–Crippen LogP) is 3.38. The molecule has 1 atom stereocenters. The van der Waals surface area contributed by atoms with Crippen molar-refractivity contribution < 1.29 is 13.9 Å². The molecule has 0 spiro atoms. The molecule has 0 fully saturated rings. The highest BCUT2D eigenvalue weighted by Crippen LogP contribution is 2.37. The van der Waals surface area contributed by atoms with Crippen LogP contribution in [0.25, 0.3) is 0 Å². The molecule has 1 aromatic heterocycles. The number of ether oxygens (including phenoxy) is 1. The van der Waals surface area contributed by atoms with Gasteiger partial charge in [0.25, 0.3) is 0 Å². The zero-order valence-electron chi connectivity index (χ0n) is 12.7. The third-order valence-corrected chi connectivity index (χ3v) is 3.77. The van der Waals surface area contributed by atoms with Crippen LogP contribution < -0.4 is 4.74 Å². The fourth-order valence-corrected chi connectivity index (χ4v) is 2.68. The minimum atomic E-state index is -0.163. The second-order valence-electron chi connectivity index (χ2n) is 5.08. The highest BCUT2D eigenvalue weighted by Gasteiger charge is 2.34. The van der Waals surface area contributed by atoms with E-state index >= 15 is 0 Å². The second-order valence-corrected chi connectivity index (χ2v) is 5.08. The smallest absolute Gasteiger partial charge is 0.242 e. The Kier molecular flexibility index (Phi) is 3.96. The Balaban J connectivity index is 1.98. The van der Waals surface area contributed by atoms with E-state index in [-0.39, 0.29) is 11.9 Å². The Morgan fingerprint density at radius 3 is 2.86 bits per heavy atom. The van der Waals surface area contributed by atoms with Gasteiger partial charge >= 0.3 is 0 Å². The van der Waals surface area contributed by atoms with Crippen LogP contribution in [0.5, 0.6) is 5.75 Å². The zero-order valence-corrected chi connectivity index (χ0v) is 12.7. The molecule has 114 valence electrons. The molecule has 3 rings (SSSR count). The predicted molar refractivity (Wildman–Crippen MR) is 82.7 cm³/mol. The summed E-state index contributed by atoms with van der Waals surface area (Å²) in [5, 5.41) is 6.04. The number of hydrazone groups is 1. The molecule has 0 aliphatic carbocycles. The number of furan rings is 1. The lowest BCUT2D eigenvalue weighted by Gasteiger charge is -2.23. The number of carbonyl (C=O) groups is 1. The zero-order chi connectivity index (χ0) is 15.5. The van der Waals surface area contributed by atoms with Crippen LogP contribution >= 0.6 is 0 Å². The molecule has 1 aromatic carbocycles. The van der Waals surface area contributed by atoms with Crippen molar-refractivity contribution in [2.75, 3.05) is 7.11 Å². The number of benzene rings is 1. The Morgan fingerprint density at radius 2 is 2.18 bits per heavy atom. The van der Waals surface area contributed by atoms with E-state index in [9.17, 15) is 4.79 Å². The van der Waals surface area contributed by atoms with Crippen molar-refractivity contribution in [3.63, 3.8) is 0 Å². The summed E-state index contributed by atoms with van der Waals surface area (Å²) >= 11 is 0. The van der Waals surface area contributed by atoms with Crippen LogP contribution in [0.3, 0.4) is 0 Å². The maximum Gasteiger partial charge on any atom is 0.242 e. The number of methoxy groups -OCH3 is 1. The molecule has 0 N–H and O–H groups in total. The molecular weight excluding hydrogens is 280 g/mol. The second kappa shape index (κ2) is 6.05. The summed E-state index contributed by atoms with van der Waals surface area (Å²) in [5.74, 6) is 1.45. The van der Waals surface area contributed by atoms with Gasteiger partial charge in [-0.3, -0.25) is 4.79 Å². The Morgan fingerprint density at radius 1 is 1.36 bits per heavy atom. The van der Waals surface area contributed by atoms with Crippen molar-refractivity contribution in [2.24, 2.45) is 5.10 Å². The van der Waals surface area contributed by atoms with Crippen LogP contribution in [-0.4, -0.2) is 23.7 Å². The number of nitrogens with zero attached hydrogens (tertiary/aromatic N) is 2. The summed E-state index contributed by atoms with van der Waals surface area (Å²) in [4.78, 5) is 12.3. The average molecular weight is 298 g/mol. The minimum Gasteiger partial charge on any atom is -0.496 e. The van der Waals surface area contributed by atoms with E-state index in [2.05, 4.69) is 5.10 Å². The van der Waals surface area contributed by atoms with Gasteiger partial charge in [-0.1, -0.05) is 25.1 Å². The van der Waals surface area contributed by atoms with Crippen molar-refractivity contribution in [3.8, 4) is 5.75 Å². The van der Waals surface area contributed by atoms with Crippen LogP contribution in [0.15, 0.2) is 52.2 Å². The van der Waals surface area contributed by atoms with Gasteiger partial charge in [0.05, 0.1) is 19.4 Å². The first kappa shape index (κ1) is 14.4. The number of carbonyl (C=O) groups excluding carboxylic acids is 1. The van der Waals surface area contributed by atoms with E-state index in [4.69, 9.17) is 9.15 Å². The van der Waals surface area contributed by atoms with Crippen molar-refractivity contribution in [2.45, 2.75) is 25.8 Å². The van der Waals surface area contributed by atoms with E-state index < -0.39 is 0 Å². The molecule has 1 amide bonds. The number of para-hydroxylation sites is 1. The number of rotatable bonds is 4. The number of hydrogen-bond donors (Lipinski definition) is 0. The summed E-state index contributed by atoms with van der Waals surface area (Å²) in [7, 11) is 1.63. The summed E-state index contributed by atoms with van der Waals surface area (Å²) in [6.07, 6.45) is 2.63. The normalized spacial score (nSPS) is 17.5. The van der Waals surface area contributed by atoms with Crippen molar-refractivity contribution in [1.82, 2.24) is 5.01 Å². The molecule has 0 saturated heterocycles. The van der Waals surface area contributed by atoms with Gasteiger partial charge in [-0.25, -0.2) is 5.01 Å². The molecule has 0 bridgehead atoms. The van der Waals surface area contributed by atoms with Gasteiger partial charge < -0.3 is 9.15 Å². The van der Waals surface area contributed by atoms with E-state index in [0.717, 1.165) is 17.0 Å². The van der Waals surface area contributed by atoms with Crippen molar-refractivity contribution in [3.05, 3.63) is 54.0 Å². The van der Waals surface area contributed by atoms with Crippen LogP contribution in [0.1, 0.15) is 37.1 Å².